The van der Waals surface area contributed by atoms with Crippen LogP contribution in [0.1, 0.15) is 30.9 Å². The Balaban J connectivity index is 2.65. The Bertz CT molecular complexity index is 350. The van der Waals surface area contributed by atoms with Crippen LogP contribution in [-0.2, 0) is 6.54 Å². The van der Waals surface area contributed by atoms with E-state index in [2.05, 4.69) is 56.6 Å². The van der Waals surface area contributed by atoms with Crippen LogP contribution in [0.15, 0.2) is 49.2 Å². The summed E-state index contributed by atoms with van der Waals surface area (Å²) in [7, 11) is 0. The van der Waals surface area contributed by atoms with Crippen molar-refractivity contribution >= 4 is 0 Å². The van der Waals surface area contributed by atoms with Gasteiger partial charge in [0.05, 0.1) is 0 Å². The van der Waals surface area contributed by atoms with Crippen molar-refractivity contribution in [1.29, 1.82) is 0 Å². The lowest BCUT2D eigenvalue weighted by molar-refractivity contribution is 0.822. The molecule has 1 rings (SSSR count). The van der Waals surface area contributed by atoms with Gasteiger partial charge in [0, 0.05) is 12.2 Å². The summed E-state index contributed by atoms with van der Waals surface area (Å²) in [6.07, 6.45) is 1.73. The molecule has 0 aliphatic rings. The SMILES string of the molecule is C=CC(=C)NCc1cccc(C(C)C)c1. The van der Waals surface area contributed by atoms with Crippen LogP contribution in [-0.4, -0.2) is 0 Å². The van der Waals surface area contributed by atoms with Gasteiger partial charge in [0.1, 0.15) is 0 Å². The molecule has 0 aliphatic carbocycles. The lowest BCUT2D eigenvalue weighted by atomic mass is 10.0. The zero-order valence-corrected chi connectivity index (χ0v) is 9.59. The number of benzene rings is 1. The highest BCUT2D eigenvalue weighted by atomic mass is 14.9. The van der Waals surface area contributed by atoms with Crippen LogP contribution in [0.4, 0.5) is 0 Å². The highest BCUT2D eigenvalue weighted by molar-refractivity contribution is 5.26. The molecule has 0 aliphatic heterocycles. The van der Waals surface area contributed by atoms with Crippen LogP contribution in [0.25, 0.3) is 0 Å². The van der Waals surface area contributed by atoms with E-state index in [1.165, 1.54) is 11.1 Å². The van der Waals surface area contributed by atoms with Crippen LogP contribution >= 0.6 is 0 Å². The number of hydrogen-bond acceptors (Lipinski definition) is 1. The number of hydrogen-bond donors (Lipinski definition) is 1. The Morgan fingerprint density at radius 2 is 2.20 bits per heavy atom. The molecule has 1 aromatic rings. The molecule has 0 heterocycles. The molecule has 15 heavy (non-hydrogen) atoms. The first-order valence-electron chi connectivity index (χ1n) is 5.27. The molecule has 80 valence electrons. The summed E-state index contributed by atoms with van der Waals surface area (Å²) in [6, 6.07) is 8.61. The minimum absolute atomic E-state index is 0.576. The Labute approximate surface area is 92.5 Å². The van der Waals surface area contributed by atoms with Crippen molar-refractivity contribution in [2.45, 2.75) is 26.3 Å². The Morgan fingerprint density at radius 3 is 2.80 bits per heavy atom. The van der Waals surface area contributed by atoms with Crippen LogP contribution in [0.3, 0.4) is 0 Å². The van der Waals surface area contributed by atoms with Gasteiger partial charge < -0.3 is 5.32 Å². The Kier molecular flexibility index (Phi) is 4.17. The molecule has 0 aromatic heterocycles. The molecule has 0 amide bonds. The second-order valence-corrected chi connectivity index (χ2v) is 3.98. The largest absolute Gasteiger partial charge is 0.381 e. The fourth-order valence-corrected chi connectivity index (χ4v) is 1.35. The predicted octanol–water partition coefficient (Wildman–Crippen LogP) is 3.60. The molecule has 0 saturated carbocycles. The van der Waals surface area contributed by atoms with Gasteiger partial charge in [0.15, 0.2) is 0 Å². The first-order valence-corrected chi connectivity index (χ1v) is 5.27. The first-order chi connectivity index (χ1) is 7.13. The highest BCUT2D eigenvalue weighted by Gasteiger charge is 1.99. The summed E-state index contributed by atoms with van der Waals surface area (Å²) in [4.78, 5) is 0. The predicted molar refractivity (Wildman–Crippen MR) is 66.7 cm³/mol. The summed E-state index contributed by atoms with van der Waals surface area (Å²) in [5.41, 5.74) is 3.52. The molecular formula is C14H19N. The third kappa shape index (κ3) is 3.62. The lowest BCUT2D eigenvalue weighted by Crippen LogP contribution is -2.10. The zero-order chi connectivity index (χ0) is 11.3. The molecule has 1 N–H and O–H groups in total. The topological polar surface area (TPSA) is 12.0 Å². The minimum atomic E-state index is 0.576. The first kappa shape index (κ1) is 11.6. The second kappa shape index (κ2) is 5.40. The molecular weight excluding hydrogens is 182 g/mol. The van der Waals surface area contributed by atoms with Gasteiger partial charge in [-0.2, -0.15) is 0 Å². The van der Waals surface area contributed by atoms with Crippen LogP contribution in [0.5, 0.6) is 0 Å². The minimum Gasteiger partial charge on any atom is -0.381 e. The van der Waals surface area contributed by atoms with E-state index < -0.39 is 0 Å². The van der Waals surface area contributed by atoms with Gasteiger partial charge in [0.25, 0.3) is 0 Å². The summed E-state index contributed by atoms with van der Waals surface area (Å²) < 4.78 is 0. The molecule has 1 heteroatoms. The van der Waals surface area contributed by atoms with E-state index in [9.17, 15) is 0 Å². The molecule has 0 spiro atoms. The molecule has 0 unspecified atom stereocenters. The summed E-state index contributed by atoms with van der Waals surface area (Å²) in [6.45, 7) is 12.7. The van der Waals surface area contributed by atoms with Crippen molar-refractivity contribution in [2.75, 3.05) is 0 Å². The van der Waals surface area contributed by atoms with Crippen molar-refractivity contribution in [2.24, 2.45) is 0 Å². The Morgan fingerprint density at radius 1 is 1.47 bits per heavy atom. The maximum absolute atomic E-state index is 3.82. The molecule has 1 aromatic carbocycles. The van der Waals surface area contributed by atoms with E-state index in [1.54, 1.807) is 6.08 Å². The molecule has 0 radical (unpaired) electrons. The monoisotopic (exact) mass is 201 g/mol. The summed E-state index contributed by atoms with van der Waals surface area (Å²) in [5.74, 6) is 0.576. The summed E-state index contributed by atoms with van der Waals surface area (Å²) in [5, 5.41) is 3.20. The van der Waals surface area contributed by atoms with Gasteiger partial charge in [-0.3, -0.25) is 0 Å². The molecule has 1 nitrogen and oxygen atoms in total. The molecule has 0 fully saturated rings. The number of nitrogens with one attached hydrogen (secondary N) is 1. The second-order valence-electron chi connectivity index (χ2n) is 3.98. The zero-order valence-electron chi connectivity index (χ0n) is 9.59. The van der Waals surface area contributed by atoms with Gasteiger partial charge >= 0.3 is 0 Å². The standard InChI is InChI=1S/C14H19N/c1-5-12(4)15-10-13-7-6-8-14(9-13)11(2)3/h5-9,11,15H,1,4,10H2,2-3H3. The highest BCUT2D eigenvalue weighted by Crippen LogP contribution is 2.15. The van der Waals surface area contributed by atoms with Crippen molar-refractivity contribution in [3.8, 4) is 0 Å². The fourth-order valence-electron chi connectivity index (χ4n) is 1.35. The van der Waals surface area contributed by atoms with Crippen LogP contribution in [0, 0.1) is 0 Å². The van der Waals surface area contributed by atoms with Crippen molar-refractivity contribution in [1.82, 2.24) is 5.32 Å². The van der Waals surface area contributed by atoms with Gasteiger partial charge in [-0.25, -0.2) is 0 Å². The normalized spacial score (nSPS) is 10.1. The van der Waals surface area contributed by atoms with Gasteiger partial charge in [-0.1, -0.05) is 51.3 Å². The van der Waals surface area contributed by atoms with E-state index in [-0.39, 0.29) is 0 Å². The maximum atomic E-state index is 3.82. The quantitative estimate of drug-likeness (QED) is 0.718. The van der Waals surface area contributed by atoms with Gasteiger partial charge in [-0.15, -0.1) is 0 Å². The van der Waals surface area contributed by atoms with Crippen LogP contribution in [0.2, 0.25) is 0 Å². The Hall–Kier alpha value is -1.50. The number of allylic oxidation sites excluding steroid dienone is 1. The smallest absolute Gasteiger partial charge is 0.0400 e. The van der Waals surface area contributed by atoms with Crippen molar-refractivity contribution in [3.05, 3.63) is 60.3 Å². The lowest BCUT2D eigenvalue weighted by Gasteiger charge is -2.09. The van der Waals surface area contributed by atoms with E-state index in [1.807, 2.05) is 0 Å². The third-order valence-electron chi connectivity index (χ3n) is 2.38. The average Bonchev–Trinajstić information content (AvgIpc) is 2.26. The number of rotatable bonds is 5. The molecule has 0 atom stereocenters. The van der Waals surface area contributed by atoms with E-state index in [4.69, 9.17) is 0 Å². The van der Waals surface area contributed by atoms with E-state index in [0.29, 0.717) is 5.92 Å². The van der Waals surface area contributed by atoms with Crippen molar-refractivity contribution in [3.63, 3.8) is 0 Å². The average molecular weight is 201 g/mol. The van der Waals surface area contributed by atoms with Crippen LogP contribution < -0.4 is 5.32 Å². The van der Waals surface area contributed by atoms with E-state index in [0.717, 1.165) is 12.2 Å². The fraction of sp³-hybridized carbons (Fsp3) is 0.286. The van der Waals surface area contributed by atoms with E-state index >= 15 is 0 Å². The van der Waals surface area contributed by atoms with Crippen molar-refractivity contribution < 1.29 is 0 Å². The molecule has 0 saturated heterocycles. The van der Waals surface area contributed by atoms with Gasteiger partial charge in [-0.05, 0) is 23.1 Å². The third-order valence-corrected chi connectivity index (χ3v) is 2.38. The van der Waals surface area contributed by atoms with Gasteiger partial charge in [0.2, 0.25) is 0 Å². The molecule has 0 bridgehead atoms. The summed E-state index contributed by atoms with van der Waals surface area (Å²) >= 11 is 0. The maximum Gasteiger partial charge on any atom is 0.0400 e.